The van der Waals surface area contributed by atoms with Gasteiger partial charge in [0.1, 0.15) is 0 Å². The highest BCUT2D eigenvalue weighted by Crippen LogP contribution is 2.14. The summed E-state index contributed by atoms with van der Waals surface area (Å²) in [5, 5.41) is 2.92. The molecule has 0 bridgehead atoms. The first-order valence-corrected chi connectivity index (χ1v) is 6.36. The van der Waals surface area contributed by atoms with Gasteiger partial charge in [-0.3, -0.25) is 4.79 Å². The van der Waals surface area contributed by atoms with E-state index in [1.165, 1.54) is 0 Å². The lowest BCUT2D eigenvalue weighted by molar-refractivity contribution is 0.0952. The molecular weight excluding hydrogens is 226 g/mol. The molecule has 0 radical (unpaired) electrons. The molecule has 0 saturated heterocycles. The number of nitrogen functional groups attached to an aromatic ring is 1. The lowest BCUT2D eigenvalue weighted by Crippen LogP contribution is -2.27. The van der Waals surface area contributed by atoms with Gasteiger partial charge in [0.05, 0.1) is 0 Å². The summed E-state index contributed by atoms with van der Waals surface area (Å²) in [4.78, 5) is 14.0. The van der Waals surface area contributed by atoms with E-state index < -0.39 is 0 Å². The van der Waals surface area contributed by atoms with Crippen LogP contribution in [0.5, 0.6) is 0 Å². The number of benzene rings is 1. The zero-order chi connectivity index (χ0) is 13.5. The molecule has 1 aromatic rings. The van der Waals surface area contributed by atoms with E-state index >= 15 is 0 Å². The highest BCUT2D eigenvalue weighted by atomic mass is 16.1. The van der Waals surface area contributed by atoms with Crippen LogP contribution in [0.3, 0.4) is 0 Å². The minimum atomic E-state index is -0.0246. The molecule has 1 aromatic carbocycles. The highest BCUT2D eigenvalue weighted by Gasteiger charge is 2.07. The number of aryl methyl sites for hydroxylation is 1. The number of nitrogens with zero attached hydrogens (tertiary/aromatic N) is 1. The van der Waals surface area contributed by atoms with Gasteiger partial charge < -0.3 is 16.0 Å². The maximum Gasteiger partial charge on any atom is 0.251 e. The lowest BCUT2D eigenvalue weighted by atomic mass is 10.1. The molecule has 4 heteroatoms. The Hall–Kier alpha value is -1.55. The summed E-state index contributed by atoms with van der Waals surface area (Å²) < 4.78 is 0. The minimum Gasteiger partial charge on any atom is -0.399 e. The van der Waals surface area contributed by atoms with Gasteiger partial charge in [0.15, 0.2) is 0 Å². The summed E-state index contributed by atoms with van der Waals surface area (Å²) in [6.45, 7) is 3.70. The van der Waals surface area contributed by atoms with Crippen LogP contribution in [0.1, 0.15) is 29.3 Å². The van der Waals surface area contributed by atoms with Gasteiger partial charge in [0, 0.05) is 17.8 Å². The van der Waals surface area contributed by atoms with Crippen LogP contribution in [0.2, 0.25) is 0 Å². The Morgan fingerprint density at radius 1 is 1.39 bits per heavy atom. The Kier molecular flexibility index (Phi) is 5.65. The molecule has 0 aliphatic rings. The van der Waals surface area contributed by atoms with Crippen molar-refractivity contribution in [1.82, 2.24) is 10.2 Å². The van der Waals surface area contributed by atoms with Crippen LogP contribution in [-0.4, -0.2) is 38.0 Å². The second-order valence-electron chi connectivity index (χ2n) is 4.68. The average molecular weight is 249 g/mol. The molecule has 0 heterocycles. The molecule has 0 aromatic heterocycles. The molecule has 0 atom stereocenters. The van der Waals surface area contributed by atoms with Gasteiger partial charge >= 0.3 is 0 Å². The molecule has 0 aliphatic heterocycles. The number of hydrogen-bond acceptors (Lipinski definition) is 3. The van der Waals surface area contributed by atoms with E-state index in [-0.39, 0.29) is 5.91 Å². The van der Waals surface area contributed by atoms with Crippen LogP contribution in [0.25, 0.3) is 0 Å². The van der Waals surface area contributed by atoms with Crippen molar-refractivity contribution in [3.8, 4) is 0 Å². The van der Waals surface area contributed by atoms with Gasteiger partial charge in [-0.1, -0.05) is 6.92 Å². The SMILES string of the molecule is CCc1cc(C(=O)NCCCN(C)C)ccc1N. The van der Waals surface area contributed by atoms with E-state index in [0.717, 1.165) is 30.6 Å². The molecule has 0 unspecified atom stereocenters. The number of hydrogen-bond donors (Lipinski definition) is 2. The number of nitrogens with one attached hydrogen (secondary N) is 1. The van der Waals surface area contributed by atoms with E-state index in [4.69, 9.17) is 5.73 Å². The number of amides is 1. The fourth-order valence-corrected chi connectivity index (χ4v) is 1.75. The van der Waals surface area contributed by atoms with Crippen molar-refractivity contribution >= 4 is 11.6 Å². The highest BCUT2D eigenvalue weighted by molar-refractivity contribution is 5.94. The smallest absolute Gasteiger partial charge is 0.251 e. The molecule has 100 valence electrons. The summed E-state index contributed by atoms with van der Waals surface area (Å²) in [6, 6.07) is 5.44. The van der Waals surface area contributed by atoms with Crippen LogP contribution in [0.15, 0.2) is 18.2 Å². The first-order valence-electron chi connectivity index (χ1n) is 6.36. The fraction of sp³-hybridized carbons (Fsp3) is 0.500. The standard InChI is InChI=1S/C14H23N3O/c1-4-11-10-12(6-7-13(11)15)14(18)16-8-5-9-17(2)3/h6-7,10H,4-5,8-9,15H2,1-3H3,(H,16,18). The van der Waals surface area contributed by atoms with Crippen LogP contribution in [0.4, 0.5) is 5.69 Å². The lowest BCUT2D eigenvalue weighted by Gasteiger charge is -2.10. The van der Waals surface area contributed by atoms with Crippen molar-refractivity contribution in [2.24, 2.45) is 0 Å². The normalized spacial score (nSPS) is 10.7. The minimum absolute atomic E-state index is 0.0246. The first-order chi connectivity index (χ1) is 8.54. The van der Waals surface area contributed by atoms with Crippen molar-refractivity contribution in [2.75, 3.05) is 32.9 Å². The second kappa shape index (κ2) is 7.01. The quantitative estimate of drug-likeness (QED) is 0.593. The number of carbonyl (C=O) groups excluding carboxylic acids is 1. The Balaban J connectivity index is 2.51. The third kappa shape index (κ3) is 4.37. The topological polar surface area (TPSA) is 58.4 Å². The second-order valence-corrected chi connectivity index (χ2v) is 4.68. The maximum absolute atomic E-state index is 11.9. The van der Waals surface area contributed by atoms with E-state index in [9.17, 15) is 4.79 Å². The molecule has 1 amide bonds. The third-order valence-electron chi connectivity index (χ3n) is 2.85. The number of carbonyl (C=O) groups is 1. The number of anilines is 1. The van der Waals surface area contributed by atoms with Crippen LogP contribution >= 0.6 is 0 Å². The molecule has 0 aliphatic carbocycles. The molecule has 1 rings (SSSR count). The summed E-state index contributed by atoms with van der Waals surface area (Å²) in [6.07, 6.45) is 1.79. The Morgan fingerprint density at radius 3 is 2.72 bits per heavy atom. The van der Waals surface area contributed by atoms with E-state index in [0.29, 0.717) is 12.1 Å². The number of nitrogens with two attached hydrogens (primary N) is 1. The van der Waals surface area contributed by atoms with Crippen molar-refractivity contribution in [2.45, 2.75) is 19.8 Å². The van der Waals surface area contributed by atoms with Gasteiger partial charge in [-0.2, -0.15) is 0 Å². The molecule has 18 heavy (non-hydrogen) atoms. The predicted molar refractivity (Wildman–Crippen MR) is 75.7 cm³/mol. The predicted octanol–water partition coefficient (Wildman–Crippen LogP) is 1.51. The van der Waals surface area contributed by atoms with Gasteiger partial charge in [0.2, 0.25) is 0 Å². The van der Waals surface area contributed by atoms with Gasteiger partial charge in [-0.05, 0) is 57.2 Å². The monoisotopic (exact) mass is 249 g/mol. The van der Waals surface area contributed by atoms with E-state index in [2.05, 4.69) is 10.2 Å². The third-order valence-corrected chi connectivity index (χ3v) is 2.85. The van der Waals surface area contributed by atoms with Gasteiger partial charge in [-0.25, -0.2) is 0 Å². The van der Waals surface area contributed by atoms with Crippen molar-refractivity contribution in [3.05, 3.63) is 29.3 Å². The Labute approximate surface area is 109 Å². The summed E-state index contributed by atoms with van der Waals surface area (Å²) in [5.74, 6) is -0.0246. The Bertz CT molecular complexity index is 402. The first kappa shape index (κ1) is 14.5. The zero-order valence-corrected chi connectivity index (χ0v) is 11.5. The fourth-order valence-electron chi connectivity index (χ4n) is 1.75. The average Bonchev–Trinajstić information content (AvgIpc) is 2.34. The molecule has 3 N–H and O–H groups in total. The van der Waals surface area contributed by atoms with E-state index in [1.54, 1.807) is 12.1 Å². The van der Waals surface area contributed by atoms with Crippen LogP contribution < -0.4 is 11.1 Å². The van der Waals surface area contributed by atoms with Crippen LogP contribution in [-0.2, 0) is 6.42 Å². The van der Waals surface area contributed by atoms with Crippen molar-refractivity contribution in [3.63, 3.8) is 0 Å². The molecular formula is C14H23N3O. The zero-order valence-electron chi connectivity index (χ0n) is 11.5. The molecule has 0 saturated carbocycles. The molecule has 0 spiro atoms. The summed E-state index contributed by atoms with van der Waals surface area (Å²) in [7, 11) is 4.05. The largest absolute Gasteiger partial charge is 0.399 e. The van der Waals surface area contributed by atoms with Crippen LogP contribution in [0, 0.1) is 0 Å². The number of rotatable bonds is 6. The Morgan fingerprint density at radius 2 is 2.11 bits per heavy atom. The van der Waals surface area contributed by atoms with Crippen molar-refractivity contribution < 1.29 is 4.79 Å². The van der Waals surface area contributed by atoms with E-state index in [1.807, 2.05) is 27.1 Å². The van der Waals surface area contributed by atoms with Crippen molar-refractivity contribution in [1.29, 1.82) is 0 Å². The summed E-state index contributed by atoms with van der Waals surface area (Å²) in [5.41, 5.74) is 8.28. The summed E-state index contributed by atoms with van der Waals surface area (Å²) >= 11 is 0. The maximum atomic E-state index is 11.9. The molecule has 4 nitrogen and oxygen atoms in total. The van der Waals surface area contributed by atoms with Gasteiger partial charge in [0.25, 0.3) is 5.91 Å². The molecule has 0 fully saturated rings. The van der Waals surface area contributed by atoms with Gasteiger partial charge in [-0.15, -0.1) is 0 Å².